The van der Waals surface area contributed by atoms with Crippen LogP contribution in [0.5, 0.6) is 11.5 Å². The summed E-state index contributed by atoms with van der Waals surface area (Å²) in [4.78, 5) is 12.9. The predicted octanol–water partition coefficient (Wildman–Crippen LogP) is 6.63. The summed E-state index contributed by atoms with van der Waals surface area (Å²) in [6.07, 6.45) is 1.43. The topological polar surface area (TPSA) is 97.3 Å². The van der Waals surface area contributed by atoms with Crippen LogP contribution in [-0.2, 0) is 21.4 Å². The number of hydrazone groups is 1. The van der Waals surface area contributed by atoms with Crippen LogP contribution in [0.1, 0.15) is 23.6 Å². The van der Waals surface area contributed by atoms with E-state index >= 15 is 0 Å². The van der Waals surface area contributed by atoms with Crippen LogP contribution in [0, 0.1) is 6.92 Å². The molecule has 42 heavy (non-hydrogen) atoms. The van der Waals surface area contributed by atoms with Gasteiger partial charge in [0.2, 0.25) is 0 Å². The van der Waals surface area contributed by atoms with Crippen LogP contribution in [-0.4, -0.2) is 33.7 Å². The first-order valence-electron chi connectivity index (χ1n) is 13.0. The normalized spacial score (nSPS) is 11.3. The molecule has 1 N–H and O–H groups in total. The number of hydrogen-bond acceptors (Lipinski definition) is 6. The summed E-state index contributed by atoms with van der Waals surface area (Å²) in [5, 5.41) is 5.05. The molecule has 0 aliphatic heterocycles. The van der Waals surface area contributed by atoms with Crippen molar-refractivity contribution in [2.75, 3.05) is 17.5 Å². The molecule has 4 aromatic rings. The average Bonchev–Trinajstić information content (AvgIpc) is 2.98. The van der Waals surface area contributed by atoms with E-state index in [4.69, 9.17) is 32.7 Å². The largest absolute Gasteiger partial charge is 0.490 e. The molecular formula is C31H29Cl2N3O5S. The van der Waals surface area contributed by atoms with Gasteiger partial charge in [-0.3, -0.25) is 9.10 Å². The number of nitrogens with one attached hydrogen (secondary N) is 1. The average molecular weight is 627 g/mol. The summed E-state index contributed by atoms with van der Waals surface area (Å²) in [6.45, 7) is 3.90. The van der Waals surface area contributed by atoms with Gasteiger partial charge in [-0.1, -0.05) is 59.6 Å². The van der Waals surface area contributed by atoms with E-state index < -0.39 is 22.5 Å². The Morgan fingerprint density at radius 2 is 1.67 bits per heavy atom. The number of halogens is 2. The Balaban J connectivity index is 1.47. The van der Waals surface area contributed by atoms with Crippen molar-refractivity contribution in [3.05, 3.63) is 118 Å². The summed E-state index contributed by atoms with van der Waals surface area (Å²) in [5.41, 5.74) is 5.02. The summed E-state index contributed by atoms with van der Waals surface area (Å²) in [7, 11) is -4.08. The number of hydrogen-bond donors (Lipinski definition) is 1. The van der Waals surface area contributed by atoms with E-state index in [9.17, 15) is 13.2 Å². The van der Waals surface area contributed by atoms with Gasteiger partial charge in [-0.05, 0) is 85.1 Å². The van der Waals surface area contributed by atoms with Crippen LogP contribution in [0.2, 0.25) is 10.0 Å². The lowest BCUT2D eigenvalue weighted by molar-refractivity contribution is -0.119. The van der Waals surface area contributed by atoms with Gasteiger partial charge in [0.05, 0.1) is 23.4 Å². The molecule has 11 heteroatoms. The zero-order valence-electron chi connectivity index (χ0n) is 23.0. The molecular weight excluding hydrogens is 597 g/mol. The monoisotopic (exact) mass is 625 g/mol. The van der Waals surface area contributed by atoms with Gasteiger partial charge in [-0.2, -0.15) is 5.10 Å². The van der Waals surface area contributed by atoms with Crippen LogP contribution >= 0.6 is 23.2 Å². The van der Waals surface area contributed by atoms with Gasteiger partial charge in [0.1, 0.15) is 13.2 Å². The number of carbonyl (C=O) groups excluding carboxylic acids is 1. The van der Waals surface area contributed by atoms with E-state index in [1.54, 1.807) is 67.6 Å². The second kappa shape index (κ2) is 14.2. The van der Waals surface area contributed by atoms with E-state index in [1.807, 2.05) is 19.1 Å². The molecule has 4 aromatic carbocycles. The number of ether oxygens (including phenoxy) is 2. The van der Waals surface area contributed by atoms with Gasteiger partial charge in [0.25, 0.3) is 15.9 Å². The number of sulfonamides is 1. The predicted molar refractivity (Wildman–Crippen MR) is 166 cm³/mol. The van der Waals surface area contributed by atoms with E-state index in [2.05, 4.69) is 10.5 Å². The molecule has 0 fully saturated rings. The highest BCUT2D eigenvalue weighted by molar-refractivity contribution is 7.92. The second-order valence-electron chi connectivity index (χ2n) is 9.11. The smallest absolute Gasteiger partial charge is 0.264 e. The third kappa shape index (κ3) is 8.03. The number of anilines is 1. The van der Waals surface area contributed by atoms with Crippen LogP contribution in [0.25, 0.3) is 0 Å². The third-order valence-corrected chi connectivity index (χ3v) is 8.49. The lowest BCUT2D eigenvalue weighted by Gasteiger charge is -2.24. The molecule has 1 amide bonds. The van der Waals surface area contributed by atoms with Crippen molar-refractivity contribution in [3.8, 4) is 11.5 Å². The molecule has 8 nitrogen and oxygen atoms in total. The fraction of sp³-hybridized carbons (Fsp3) is 0.161. The highest BCUT2D eigenvalue weighted by atomic mass is 35.5. The van der Waals surface area contributed by atoms with Crippen LogP contribution in [0.15, 0.2) is 101 Å². The molecule has 0 aromatic heterocycles. The lowest BCUT2D eigenvalue weighted by Crippen LogP contribution is -2.39. The lowest BCUT2D eigenvalue weighted by atomic mass is 10.2. The van der Waals surface area contributed by atoms with E-state index in [-0.39, 0.29) is 10.6 Å². The first-order chi connectivity index (χ1) is 20.2. The van der Waals surface area contributed by atoms with Crippen molar-refractivity contribution in [2.45, 2.75) is 25.3 Å². The molecule has 0 bridgehead atoms. The molecule has 0 saturated carbocycles. The highest BCUT2D eigenvalue weighted by Gasteiger charge is 2.27. The van der Waals surface area contributed by atoms with Gasteiger partial charge in [0, 0.05) is 10.0 Å². The number of carbonyl (C=O) groups is 1. The Kier molecular flexibility index (Phi) is 10.5. The van der Waals surface area contributed by atoms with Crippen LogP contribution in [0.3, 0.4) is 0 Å². The summed E-state index contributed by atoms with van der Waals surface area (Å²) < 4.78 is 39.6. The first-order valence-corrected chi connectivity index (χ1v) is 15.2. The fourth-order valence-corrected chi connectivity index (χ4v) is 5.59. The summed E-state index contributed by atoms with van der Waals surface area (Å²) in [6, 6.07) is 25.3. The Hall–Kier alpha value is -4.05. The van der Waals surface area contributed by atoms with Gasteiger partial charge < -0.3 is 9.47 Å². The van der Waals surface area contributed by atoms with Crippen LogP contribution in [0.4, 0.5) is 5.69 Å². The Morgan fingerprint density at radius 3 is 2.36 bits per heavy atom. The van der Waals surface area contributed by atoms with Gasteiger partial charge in [-0.15, -0.1) is 0 Å². The first kappa shape index (κ1) is 30.9. The van der Waals surface area contributed by atoms with Crippen molar-refractivity contribution in [1.82, 2.24) is 5.43 Å². The van der Waals surface area contributed by atoms with Crippen molar-refractivity contribution < 1.29 is 22.7 Å². The van der Waals surface area contributed by atoms with Crippen molar-refractivity contribution in [1.29, 1.82) is 0 Å². The summed E-state index contributed by atoms with van der Waals surface area (Å²) >= 11 is 12.2. The van der Waals surface area contributed by atoms with Gasteiger partial charge in [-0.25, -0.2) is 13.8 Å². The SMILES string of the molecule is CCOc1cc(C=NNC(=O)CN(c2ccc(C)c(Cl)c2)S(=O)(=O)c2ccccc2)ccc1OCc1ccc(Cl)cc1. The maximum Gasteiger partial charge on any atom is 0.264 e. The van der Waals surface area contributed by atoms with Gasteiger partial charge >= 0.3 is 0 Å². The maximum absolute atomic E-state index is 13.5. The molecule has 0 unspecified atom stereocenters. The molecule has 0 atom stereocenters. The van der Waals surface area contributed by atoms with E-state index in [1.165, 1.54) is 24.4 Å². The zero-order valence-corrected chi connectivity index (χ0v) is 25.3. The van der Waals surface area contributed by atoms with Crippen LogP contribution < -0.4 is 19.2 Å². The number of amides is 1. The minimum Gasteiger partial charge on any atom is -0.490 e. The Bertz CT molecular complexity index is 1660. The number of benzene rings is 4. The molecule has 0 saturated heterocycles. The molecule has 0 heterocycles. The van der Waals surface area contributed by atoms with E-state index in [0.29, 0.717) is 40.3 Å². The Morgan fingerprint density at radius 1 is 0.929 bits per heavy atom. The molecule has 0 aliphatic carbocycles. The number of nitrogens with zero attached hydrogens (tertiary/aromatic N) is 2. The molecule has 0 radical (unpaired) electrons. The number of aryl methyl sites for hydroxylation is 1. The minimum atomic E-state index is -4.08. The molecule has 0 spiro atoms. The van der Waals surface area contributed by atoms with Crippen molar-refractivity contribution in [3.63, 3.8) is 0 Å². The Labute approximate surface area is 255 Å². The zero-order chi connectivity index (χ0) is 30.1. The van der Waals surface area contributed by atoms with Gasteiger partial charge in [0.15, 0.2) is 11.5 Å². The maximum atomic E-state index is 13.5. The molecule has 0 aliphatic rings. The number of rotatable bonds is 12. The van der Waals surface area contributed by atoms with E-state index in [0.717, 1.165) is 15.4 Å². The van der Waals surface area contributed by atoms with Crippen molar-refractivity contribution in [2.24, 2.45) is 5.10 Å². The fourth-order valence-electron chi connectivity index (χ4n) is 3.85. The highest BCUT2D eigenvalue weighted by Crippen LogP contribution is 2.30. The standard InChI is InChI=1S/C31H29Cl2N3O5S/c1-3-40-30-17-24(12-16-29(30)41-21-23-10-13-25(32)14-11-23)19-34-35-31(37)20-36(26-15-9-22(2)28(33)18-26)42(38,39)27-7-5-4-6-8-27/h4-19H,3,20-21H2,1-2H3,(H,35,37). The molecule has 218 valence electrons. The quantitative estimate of drug-likeness (QED) is 0.141. The third-order valence-electron chi connectivity index (χ3n) is 6.04. The minimum absolute atomic E-state index is 0.0415. The van der Waals surface area contributed by atoms with Crippen molar-refractivity contribution >= 4 is 51.0 Å². The molecule has 4 rings (SSSR count). The second-order valence-corrected chi connectivity index (χ2v) is 11.8. The summed E-state index contributed by atoms with van der Waals surface area (Å²) in [5.74, 6) is 0.417.